The van der Waals surface area contributed by atoms with E-state index in [0.717, 1.165) is 28.6 Å². The Morgan fingerprint density at radius 2 is 1.62 bits per heavy atom. The first-order valence-corrected chi connectivity index (χ1v) is 8.02. The summed E-state index contributed by atoms with van der Waals surface area (Å²) in [6.07, 6.45) is 0. The minimum atomic E-state index is -0.251. The van der Waals surface area contributed by atoms with Crippen molar-refractivity contribution in [2.24, 2.45) is 0 Å². The maximum atomic E-state index is 13.5. The molecule has 0 aliphatic rings. The van der Waals surface area contributed by atoms with Gasteiger partial charge in [-0.15, -0.1) is 0 Å². The number of halogens is 1. The molecule has 120 valence electrons. The number of fused-ring (bicyclic) bond motifs is 3. The largest absolute Gasteiger partial charge is 0.456 e. The molecule has 0 saturated heterocycles. The lowest BCUT2D eigenvalue weighted by Gasteiger charge is -2.10. The Morgan fingerprint density at radius 1 is 0.875 bits per heavy atom. The lowest BCUT2D eigenvalue weighted by Crippen LogP contribution is -2.01. The van der Waals surface area contributed by atoms with Crippen LogP contribution in [0.3, 0.4) is 0 Å². The molecule has 4 aromatic rings. The van der Waals surface area contributed by atoms with Crippen LogP contribution in [0.5, 0.6) is 0 Å². The van der Waals surface area contributed by atoms with Crippen LogP contribution in [0.1, 0.15) is 16.7 Å². The molecule has 0 bridgehead atoms. The molecule has 1 heterocycles. The fourth-order valence-corrected chi connectivity index (χ4v) is 3.05. The highest BCUT2D eigenvalue weighted by Crippen LogP contribution is 2.31. The summed E-state index contributed by atoms with van der Waals surface area (Å²) in [4.78, 5) is 0. The van der Waals surface area contributed by atoms with Crippen molar-refractivity contribution >= 4 is 27.6 Å². The number of benzene rings is 3. The van der Waals surface area contributed by atoms with Gasteiger partial charge in [-0.1, -0.05) is 23.8 Å². The normalized spacial score (nSPS) is 11.3. The first-order chi connectivity index (χ1) is 11.6. The van der Waals surface area contributed by atoms with Crippen molar-refractivity contribution in [2.75, 3.05) is 5.32 Å². The molecule has 0 fully saturated rings. The summed E-state index contributed by atoms with van der Waals surface area (Å²) in [6.45, 7) is 4.97. The third-order valence-electron chi connectivity index (χ3n) is 4.42. The number of hydrogen-bond donors (Lipinski definition) is 1. The molecule has 4 rings (SSSR count). The van der Waals surface area contributed by atoms with E-state index >= 15 is 0 Å². The van der Waals surface area contributed by atoms with E-state index in [1.165, 1.54) is 28.8 Å². The molecule has 0 radical (unpaired) electrons. The second-order valence-electron chi connectivity index (χ2n) is 6.24. The van der Waals surface area contributed by atoms with Crippen molar-refractivity contribution < 1.29 is 8.81 Å². The van der Waals surface area contributed by atoms with Gasteiger partial charge in [-0.2, -0.15) is 0 Å². The Labute approximate surface area is 139 Å². The summed E-state index contributed by atoms with van der Waals surface area (Å²) in [5, 5.41) is 5.19. The standard InChI is InChI=1S/C21H18FNO/c1-13-3-4-14(2)15(9-13)12-23-17-6-8-21-19(11-17)18-10-16(22)5-7-20(18)24-21/h3-11,23H,12H2,1-2H3. The third kappa shape index (κ3) is 2.62. The van der Waals surface area contributed by atoms with E-state index in [0.29, 0.717) is 5.58 Å². The van der Waals surface area contributed by atoms with Gasteiger partial charge in [0.05, 0.1) is 0 Å². The predicted octanol–water partition coefficient (Wildman–Crippen LogP) is 5.95. The minimum absolute atomic E-state index is 0.251. The van der Waals surface area contributed by atoms with Crippen LogP contribution in [-0.4, -0.2) is 0 Å². The molecular weight excluding hydrogens is 301 g/mol. The van der Waals surface area contributed by atoms with Gasteiger partial charge in [-0.3, -0.25) is 0 Å². The Balaban J connectivity index is 1.68. The van der Waals surface area contributed by atoms with Crippen molar-refractivity contribution in [3.8, 4) is 0 Å². The van der Waals surface area contributed by atoms with Crippen molar-refractivity contribution in [3.63, 3.8) is 0 Å². The first kappa shape index (κ1) is 14.8. The van der Waals surface area contributed by atoms with Gasteiger partial charge in [0.1, 0.15) is 17.0 Å². The average Bonchev–Trinajstić information content (AvgIpc) is 2.93. The fraction of sp³-hybridized carbons (Fsp3) is 0.143. The van der Waals surface area contributed by atoms with Crippen molar-refractivity contribution in [3.05, 3.63) is 77.1 Å². The van der Waals surface area contributed by atoms with E-state index in [2.05, 4.69) is 37.4 Å². The van der Waals surface area contributed by atoms with E-state index in [1.807, 2.05) is 18.2 Å². The Morgan fingerprint density at radius 3 is 2.46 bits per heavy atom. The summed E-state index contributed by atoms with van der Waals surface area (Å²) >= 11 is 0. The van der Waals surface area contributed by atoms with Crippen molar-refractivity contribution in [1.29, 1.82) is 0 Å². The van der Waals surface area contributed by atoms with Crippen LogP contribution in [0, 0.1) is 19.7 Å². The smallest absolute Gasteiger partial charge is 0.135 e. The molecule has 0 aliphatic heterocycles. The number of furan rings is 1. The number of nitrogens with one attached hydrogen (secondary N) is 1. The molecule has 0 atom stereocenters. The molecule has 3 aromatic carbocycles. The summed E-state index contributed by atoms with van der Waals surface area (Å²) in [5.74, 6) is -0.251. The SMILES string of the molecule is Cc1ccc(C)c(CNc2ccc3oc4ccc(F)cc4c3c2)c1. The number of rotatable bonds is 3. The van der Waals surface area contributed by atoms with Crippen LogP contribution < -0.4 is 5.32 Å². The Hall–Kier alpha value is -2.81. The molecule has 0 saturated carbocycles. The quantitative estimate of drug-likeness (QED) is 0.504. The van der Waals surface area contributed by atoms with E-state index < -0.39 is 0 Å². The number of hydrogen-bond acceptors (Lipinski definition) is 2. The molecule has 3 heteroatoms. The zero-order valence-electron chi connectivity index (χ0n) is 13.7. The monoisotopic (exact) mass is 319 g/mol. The van der Waals surface area contributed by atoms with Gasteiger partial charge in [0, 0.05) is 23.0 Å². The van der Waals surface area contributed by atoms with Crippen LogP contribution in [0.25, 0.3) is 21.9 Å². The van der Waals surface area contributed by atoms with Crippen LogP contribution in [0.15, 0.2) is 59.0 Å². The van der Waals surface area contributed by atoms with Gasteiger partial charge in [-0.25, -0.2) is 4.39 Å². The lowest BCUT2D eigenvalue weighted by molar-refractivity contribution is 0.626. The van der Waals surface area contributed by atoms with Crippen LogP contribution in [0.4, 0.5) is 10.1 Å². The number of aryl methyl sites for hydroxylation is 2. The second kappa shape index (κ2) is 5.68. The predicted molar refractivity (Wildman–Crippen MR) is 96.9 cm³/mol. The summed E-state index contributed by atoms with van der Waals surface area (Å²) in [7, 11) is 0. The van der Waals surface area contributed by atoms with E-state index in [4.69, 9.17) is 4.42 Å². The average molecular weight is 319 g/mol. The summed E-state index contributed by atoms with van der Waals surface area (Å²) < 4.78 is 19.3. The van der Waals surface area contributed by atoms with Crippen LogP contribution in [-0.2, 0) is 6.54 Å². The van der Waals surface area contributed by atoms with Crippen molar-refractivity contribution in [2.45, 2.75) is 20.4 Å². The van der Waals surface area contributed by atoms with Gasteiger partial charge in [0.25, 0.3) is 0 Å². The molecule has 0 unspecified atom stereocenters. The molecule has 0 aliphatic carbocycles. The zero-order valence-corrected chi connectivity index (χ0v) is 13.7. The summed E-state index contributed by atoms with van der Waals surface area (Å²) in [6, 6.07) is 17.0. The first-order valence-electron chi connectivity index (χ1n) is 8.02. The summed E-state index contributed by atoms with van der Waals surface area (Å²) in [5.41, 5.74) is 6.27. The second-order valence-corrected chi connectivity index (χ2v) is 6.24. The maximum absolute atomic E-state index is 13.5. The van der Waals surface area contributed by atoms with E-state index in [1.54, 1.807) is 6.07 Å². The molecule has 0 amide bonds. The minimum Gasteiger partial charge on any atom is -0.456 e. The molecule has 24 heavy (non-hydrogen) atoms. The molecule has 0 spiro atoms. The lowest BCUT2D eigenvalue weighted by atomic mass is 10.1. The van der Waals surface area contributed by atoms with Gasteiger partial charge in [0.15, 0.2) is 0 Å². The molecule has 1 aromatic heterocycles. The highest BCUT2D eigenvalue weighted by atomic mass is 19.1. The van der Waals surface area contributed by atoms with E-state index in [-0.39, 0.29) is 5.82 Å². The molecule has 2 nitrogen and oxygen atoms in total. The Bertz CT molecular complexity index is 1050. The highest BCUT2D eigenvalue weighted by Gasteiger charge is 2.09. The highest BCUT2D eigenvalue weighted by molar-refractivity contribution is 6.05. The fourth-order valence-electron chi connectivity index (χ4n) is 3.05. The van der Waals surface area contributed by atoms with Gasteiger partial charge in [0.2, 0.25) is 0 Å². The van der Waals surface area contributed by atoms with Gasteiger partial charge < -0.3 is 9.73 Å². The molecule has 1 N–H and O–H groups in total. The van der Waals surface area contributed by atoms with Crippen LogP contribution in [0.2, 0.25) is 0 Å². The van der Waals surface area contributed by atoms with Crippen LogP contribution >= 0.6 is 0 Å². The van der Waals surface area contributed by atoms with E-state index in [9.17, 15) is 4.39 Å². The van der Waals surface area contributed by atoms with Crippen molar-refractivity contribution in [1.82, 2.24) is 0 Å². The van der Waals surface area contributed by atoms with Gasteiger partial charge >= 0.3 is 0 Å². The topological polar surface area (TPSA) is 25.2 Å². The number of anilines is 1. The third-order valence-corrected chi connectivity index (χ3v) is 4.42. The Kier molecular flexibility index (Phi) is 3.49. The zero-order chi connectivity index (χ0) is 16.7. The van der Waals surface area contributed by atoms with Gasteiger partial charge in [-0.05, 0) is 61.4 Å². The maximum Gasteiger partial charge on any atom is 0.135 e. The molecular formula is C21H18FNO.